The third-order valence-corrected chi connectivity index (χ3v) is 5.50. The van der Waals surface area contributed by atoms with E-state index in [9.17, 15) is 8.42 Å². The zero-order valence-electron chi connectivity index (χ0n) is 12.0. The van der Waals surface area contributed by atoms with Crippen molar-refractivity contribution in [1.29, 1.82) is 0 Å². The minimum absolute atomic E-state index is 0.288. The molecule has 0 aromatic heterocycles. The summed E-state index contributed by atoms with van der Waals surface area (Å²) in [5.74, 6) is 0.892. The van der Waals surface area contributed by atoms with E-state index in [1.54, 1.807) is 11.4 Å². The Morgan fingerprint density at radius 1 is 1.28 bits per heavy atom. The molecule has 4 nitrogen and oxygen atoms in total. The van der Waals surface area contributed by atoms with Gasteiger partial charge in [0, 0.05) is 19.6 Å². The van der Waals surface area contributed by atoms with E-state index in [0.29, 0.717) is 18.5 Å². The monoisotopic (exact) mass is 276 g/mol. The first-order chi connectivity index (χ1) is 8.42. The van der Waals surface area contributed by atoms with Gasteiger partial charge in [-0.15, -0.1) is 0 Å². The summed E-state index contributed by atoms with van der Waals surface area (Å²) in [4.78, 5) is 0. The van der Waals surface area contributed by atoms with E-state index >= 15 is 0 Å². The average molecular weight is 276 g/mol. The summed E-state index contributed by atoms with van der Waals surface area (Å²) in [6.07, 6.45) is 5.32. The van der Waals surface area contributed by atoms with Crippen molar-refractivity contribution in [2.45, 2.75) is 52.0 Å². The maximum Gasteiger partial charge on any atom is 0.213 e. The first-order valence-electron chi connectivity index (χ1n) is 7.09. The number of rotatable bonds is 9. The Kier molecular flexibility index (Phi) is 6.60. The van der Waals surface area contributed by atoms with E-state index in [1.165, 1.54) is 19.3 Å². The van der Waals surface area contributed by atoms with Crippen molar-refractivity contribution in [3.63, 3.8) is 0 Å². The number of hydrogen-bond donors (Lipinski definition) is 1. The van der Waals surface area contributed by atoms with Gasteiger partial charge in [0.15, 0.2) is 0 Å². The standard InChI is InChI=1S/C13H28N2O2S/c1-12(2)14-9-4-5-10-18(16,17)15(3)11-13-7-6-8-13/h12-14H,4-11H2,1-3H3. The Bertz CT molecular complexity index is 324. The van der Waals surface area contributed by atoms with E-state index < -0.39 is 10.0 Å². The van der Waals surface area contributed by atoms with Crippen LogP contribution in [0.4, 0.5) is 0 Å². The highest BCUT2D eigenvalue weighted by Gasteiger charge is 2.24. The van der Waals surface area contributed by atoms with Crippen LogP contribution in [0.5, 0.6) is 0 Å². The van der Waals surface area contributed by atoms with Crippen LogP contribution >= 0.6 is 0 Å². The molecule has 1 rings (SSSR count). The molecule has 0 saturated heterocycles. The number of nitrogens with one attached hydrogen (secondary N) is 1. The van der Waals surface area contributed by atoms with Crippen LogP contribution in [0, 0.1) is 5.92 Å². The van der Waals surface area contributed by atoms with E-state index in [4.69, 9.17) is 0 Å². The largest absolute Gasteiger partial charge is 0.315 e. The molecule has 1 N–H and O–H groups in total. The minimum Gasteiger partial charge on any atom is -0.315 e. The normalized spacial score (nSPS) is 17.4. The van der Waals surface area contributed by atoms with Gasteiger partial charge in [0.05, 0.1) is 5.75 Å². The Hall–Kier alpha value is -0.130. The lowest BCUT2D eigenvalue weighted by atomic mass is 9.86. The zero-order valence-corrected chi connectivity index (χ0v) is 12.8. The third-order valence-electron chi connectivity index (χ3n) is 3.60. The summed E-state index contributed by atoms with van der Waals surface area (Å²) < 4.78 is 25.6. The van der Waals surface area contributed by atoms with Crippen LogP contribution in [0.25, 0.3) is 0 Å². The fourth-order valence-electron chi connectivity index (χ4n) is 2.11. The van der Waals surface area contributed by atoms with Crippen LogP contribution in [-0.4, -0.2) is 44.7 Å². The van der Waals surface area contributed by atoms with Gasteiger partial charge in [0.2, 0.25) is 10.0 Å². The van der Waals surface area contributed by atoms with Crippen LogP contribution in [0.2, 0.25) is 0 Å². The molecule has 0 unspecified atom stereocenters. The lowest BCUT2D eigenvalue weighted by molar-refractivity contribution is 0.263. The van der Waals surface area contributed by atoms with Gasteiger partial charge in [-0.3, -0.25) is 0 Å². The van der Waals surface area contributed by atoms with Crippen LogP contribution in [0.3, 0.4) is 0 Å². The summed E-state index contributed by atoms with van der Waals surface area (Å²) in [5.41, 5.74) is 0. The Morgan fingerprint density at radius 2 is 1.94 bits per heavy atom. The molecule has 0 aromatic carbocycles. The van der Waals surface area contributed by atoms with Crippen LogP contribution in [-0.2, 0) is 10.0 Å². The van der Waals surface area contributed by atoms with Gasteiger partial charge in [0.25, 0.3) is 0 Å². The number of sulfonamides is 1. The molecule has 1 saturated carbocycles. The molecule has 0 bridgehead atoms. The van der Waals surface area contributed by atoms with Gasteiger partial charge in [-0.2, -0.15) is 0 Å². The lowest BCUT2D eigenvalue weighted by Crippen LogP contribution is -2.35. The second kappa shape index (κ2) is 7.46. The summed E-state index contributed by atoms with van der Waals surface area (Å²) in [7, 11) is -1.30. The average Bonchev–Trinajstić information content (AvgIpc) is 2.22. The molecule has 18 heavy (non-hydrogen) atoms. The Labute approximate surface area is 112 Å². The first kappa shape index (κ1) is 15.9. The fraction of sp³-hybridized carbons (Fsp3) is 1.00. The van der Waals surface area contributed by atoms with Crippen molar-refractivity contribution in [2.75, 3.05) is 25.9 Å². The molecule has 0 aromatic rings. The third kappa shape index (κ3) is 5.67. The van der Waals surface area contributed by atoms with Crippen molar-refractivity contribution in [2.24, 2.45) is 5.92 Å². The second-order valence-corrected chi connectivity index (χ2v) is 7.90. The van der Waals surface area contributed by atoms with Gasteiger partial charge in [0.1, 0.15) is 0 Å². The maximum absolute atomic E-state index is 12.0. The number of unbranched alkanes of at least 4 members (excludes halogenated alkanes) is 1. The molecule has 0 atom stereocenters. The summed E-state index contributed by atoms with van der Waals surface area (Å²) in [5, 5.41) is 3.30. The number of hydrogen-bond acceptors (Lipinski definition) is 3. The van der Waals surface area contributed by atoms with Gasteiger partial charge in [-0.05, 0) is 38.1 Å². The molecular formula is C13H28N2O2S. The van der Waals surface area contributed by atoms with E-state index in [0.717, 1.165) is 19.4 Å². The molecule has 0 spiro atoms. The Morgan fingerprint density at radius 3 is 2.44 bits per heavy atom. The molecular weight excluding hydrogens is 248 g/mol. The van der Waals surface area contributed by atoms with Crippen molar-refractivity contribution < 1.29 is 8.42 Å². The molecule has 5 heteroatoms. The first-order valence-corrected chi connectivity index (χ1v) is 8.70. The zero-order chi connectivity index (χ0) is 13.6. The van der Waals surface area contributed by atoms with Gasteiger partial charge < -0.3 is 5.32 Å². The quantitative estimate of drug-likeness (QED) is 0.654. The van der Waals surface area contributed by atoms with Crippen LogP contribution in [0.15, 0.2) is 0 Å². The van der Waals surface area contributed by atoms with E-state index in [1.807, 2.05) is 0 Å². The minimum atomic E-state index is -3.03. The molecule has 0 heterocycles. The predicted molar refractivity (Wildman–Crippen MR) is 76.1 cm³/mol. The molecule has 0 radical (unpaired) electrons. The summed E-state index contributed by atoms with van der Waals surface area (Å²) in [6.45, 7) is 5.82. The van der Waals surface area contributed by atoms with Gasteiger partial charge in [-0.25, -0.2) is 12.7 Å². The molecule has 1 fully saturated rings. The van der Waals surface area contributed by atoms with Crippen molar-refractivity contribution in [1.82, 2.24) is 9.62 Å². The molecule has 108 valence electrons. The maximum atomic E-state index is 12.0. The molecule has 0 aliphatic heterocycles. The number of nitrogens with zero attached hydrogens (tertiary/aromatic N) is 1. The smallest absolute Gasteiger partial charge is 0.213 e. The second-order valence-electron chi connectivity index (χ2n) is 5.71. The SMILES string of the molecule is CC(C)NCCCCS(=O)(=O)N(C)CC1CCC1. The van der Waals surface area contributed by atoms with Crippen molar-refractivity contribution in [3.05, 3.63) is 0 Å². The van der Waals surface area contributed by atoms with E-state index in [-0.39, 0.29) is 5.75 Å². The van der Waals surface area contributed by atoms with Gasteiger partial charge in [-0.1, -0.05) is 20.3 Å². The van der Waals surface area contributed by atoms with Crippen molar-refractivity contribution >= 4 is 10.0 Å². The highest BCUT2D eigenvalue weighted by molar-refractivity contribution is 7.89. The van der Waals surface area contributed by atoms with E-state index in [2.05, 4.69) is 19.2 Å². The van der Waals surface area contributed by atoms with Crippen molar-refractivity contribution in [3.8, 4) is 0 Å². The van der Waals surface area contributed by atoms with Gasteiger partial charge >= 0.3 is 0 Å². The lowest BCUT2D eigenvalue weighted by Gasteiger charge is -2.29. The fourth-order valence-corrected chi connectivity index (χ4v) is 3.43. The van der Waals surface area contributed by atoms with Crippen LogP contribution < -0.4 is 5.32 Å². The predicted octanol–water partition coefficient (Wildman–Crippen LogP) is 1.83. The summed E-state index contributed by atoms with van der Waals surface area (Å²) in [6, 6.07) is 0.475. The Balaban J connectivity index is 2.17. The molecule has 1 aliphatic rings. The molecule has 1 aliphatic carbocycles. The highest BCUT2D eigenvalue weighted by atomic mass is 32.2. The van der Waals surface area contributed by atoms with Crippen LogP contribution in [0.1, 0.15) is 46.0 Å². The molecule has 0 amide bonds. The summed E-state index contributed by atoms with van der Waals surface area (Å²) >= 11 is 0. The topological polar surface area (TPSA) is 49.4 Å². The highest BCUT2D eigenvalue weighted by Crippen LogP contribution is 2.27.